The van der Waals surface area contributed by atoms with Crippen molar-refractivity contribution in [2.24, 2.45) is 0 Å². The lowest BCUT2D eigenvalue weighted by Gasteiger charge is -2.29. The van der Waals surface area contributed by atoms with Crippen LogP contribution in [0.3, 0.4) is 0 Å². The largest absolute Gasteiger partial charge is 0.392 e. The van der Waals surface area contributed by atoms with E-state index < -0.39 is 6.10 Å². The highest BCUT2D eigenvalue weighted by Gasteiger charge is 2.16. The summed E-state index contributed by atoms with van der Waals surface area (Å²) < 4.78 is 0. The summed E-state index contributed by atoms with van der Waals surface area (Å²) in [7, 11) is 0. The van der Waals surface area contributed by atoms with Gasteiger partial charge in [-0.3, -0.25) is 4.90 Å². The van der Waals surface area contributed by atoms with Crippen LogP contribution in [-0.2, 0) is 13.0 Å². The number of hydrogen-bond donors (Lipinski definition) is 1. The van der Waals surface area contributed by atoms with Gasteiger partial charge in [-0.1, -0.05) is 24.3 Å². The van der Waals surface area contributed by atoms with Gasteiger partial charge in [0.2, 0.25) is 0 Å². The first kappa shape index (κ1) is 9.69. The van der Waals surface area contributed by atoms with Crippen LogP contribution in [0, 0.1) is 6.92 Å². The van der Waals surface area contributed by atoms with E-state index in [9.17, 15) is 5.11 Å². The molecule has 1 aromatic rings. The second-order valence-corrected chi connectivity index (χ2v) is 3.91. The van der Waals surface area contributed by atoms with Gasteiger partial charge in [0.05, 0.1) is 6.10 Å². The molecule has 2 rings (SSSR count). The van der Waals surface area contributed by atoms with Crippen molar-refractivity contribution in [2.45, 2.75) is 19.1 Å². The quantitative estimate of drug-likeness (QED) is 0.758. The Bertz CT molecular complexity index is 309. The monoisotopic (exact) mass is 190 g/mol. The second kappa shape index (κ2) is 4.11. The summed E-state index contributed by atoms with van der Waals surface area (Å²) in [5.74, 6) is 0. The van der Waals surface area contributed by atoms with Crippen LogP contribution in [-0.4, -0.2) is 29.2 Å². The predicted molar refractivity (Wildman–Crippen MR) is 56.8 cm³/mol. The van der Waals surface area contributed by atoms with Crippen molar-refractivity contribution in [1.82, 2.24) is 4.90 Å². The molecule has 2 heteroatoms. The Labute approximate surface area is 85.2 Å². The van der Waals surface area contributed by atoms with Crippen molar-refractivity contribution in [2.75, 3.05) is 13.1 Å². The third-order valence-electron chi connectivity index (χ3n) is 2.68. The Kier molecular flexibility index (Phi) is 2.85. The lowest BCUT2D eigenvalue weighted by atomic mass is 10.00. The van der Waals surface area contributed by atoms with Gasteiger partial charge in [-0.2, -0.15) is 0 Å². The van der Waals surface area contributed by atoms with Crippen molar-refractivity contribution in [1.29, 1.82) is 0 Å². The number of aliphatic hydroxyl groups is 1. The number of benzene rings is 1. The number of rotatable bonds is 2. The summed E-state index contributed by atoms with van der Waals surface area (Å²) in [6.45, 7) is 6.26. The molecule has 1 N–H and O–H groups in total. The van der Waals surface area contributed by atoms with Crippen LogP contribution in [0.1, 0.15) is 11.1 Å². The van der Waals surface area contributed by atoms with Crippen LogP contribution in [0.2, 0.25) is 0 Å². The smallest absolute Gasteiger partial charge is 0.0668 e. The van der Waals surface area contributed by atoms with Gasteiger partial charge < -0.3 is 5.11 Å². The molecule has 0 saturated carbocycles. The van der Waals surface area contributed by atoms with Crippen LogP contribution in [0.5, 0.6) is 0 Å². The summed E-state index contributed by atoms with van der Waals surface area (Å²) in [5, 5.41) is 9.20. The molecule has 0 bridgehead atoms. The molecule has 1 aliphatic rings. The topological polar surface area (TPSA) is 23.5 Å². The molecule has 0 unspecified atom stereocenters. The normalized spacial score (nSPS) is 19.0. The predicted octanol–water partition coefficient (Wildman–Crippen LogP) is 1.24. The van der Waals surface area contributed by atoms with E-state index >= 15 is 0 Å². The molecular weight excluding hydrogens is 174 g/mol. The molecule has 0 fully saturated rings. The number of aliphatic hydroxyl groups excluding tert-OH is 1. The Morgan fingerprint density at radius 2 is 2.07 bits per heavy atom. The standard InChI is InChI=1S/C12H16NO/c1-10(14)8-13-7-6-11-4-2-3-5-12(11)9-13/h2-5,10,14H,1,6-9H2/t10-/m1/s1. The zero-order chi connectivity index (χ0) is 9.97. The number of hydrogen-bond acceptors (Lipinski definition) is 2. The molecule has 1 radical (unpaired) electrons. The first-order valence-corrected chi connectivity index (χ1v) is 5.06. The van der Waals surface area contributed by atoms with E-state index in [2.05, 4.69) is 36.1 Å². The maximum Gasteiger partial charge on any atom is 0.0668 e. The highest BCUT2D eigenvalue weighted by Crippen LogP contribution is 2.18. The highest BCUT2D eigenvalue weighted by atomic mass is 16.3. The van der Waals surface area contributed by atoms with Gasteiger partial charge in [0.25, 0.3) is 0 Å². The highest BCUT2D eigenvalue weighted by molar-refractivity contribution is 5.29. The first-order chi connectivity index (χ1) is 6.75. The van der Waals surface area contributed by atoms with Crippen LogP contribution >= 0.6 is 0 Å². The van der Waals surface area contributed by atoms with Crippen molar-refractivity contribution >= 4 is 0 Å². The molecule has 2 nitrogen and oxygen atoms in total. The van der Waals surface area contributed by atoms with E-state index in [-0.39, 0.29) is 0 Å². The van der Waals surface area contributed by atoms with E-state index in [1.54, 1.807) is 0 Å². The zero-order valence-corrected chi connectivity index (χ0v) is 8.32. The lowest BCUT2D eigenvalue weighted by Crippen LogP contribution is -2.35. The van der Waals surface area contributed by atoms with E-state index in [4.69, 9.17) is 0 Å². The number of fused-ring (bicyclic) bond motifs is 1. The average molecular weight is 190 g/mol. The Morgan fingerprint density at radius 1 is 1.36 bits per heavy atom. The molecule has 0 spiro atoms. The summed E-state index contributed by atoms with van der Waals surface area (Å²) in [6, 6.07) is 8.51. The SMILES string of the molecule is [CH2][C@@H](O)CN1CCc2ccccc2C1. The molecule has 1 aromatic carbocycles. The summed E-state index contributed by atoms with van der Waals surface area (Å²) in [5.41, 5.74) is 2.83. The van der Waals surface area contributed by atoms with Crippen molar-refractivity contribution < 1.29 is 5.11 Å². The Hall–Kier alpha value is -0.860. The van der Waals surface area contributed by atoms with Crippen LogP contribution < -0.4 is 0 Å². The van der Waals surface area contributed by atoms with E-state index in [1.165, 1.54) is 11.1 Å². The summed E-state index contributed by atoms with van der Waals surface area (Å²) >= 11 is 0. The van der Waals surface area contributed by atoms with Gasteiger partial charge in [-0.05, 0) is 24.5 Å². The van der Waals surface area contributed by atoms with E-state index in [0.29, 0.717) is 6.54 Å². The molecule has 1 atom stereocenters. The molecule has 75 valence electrons. The second-order valence-electron chi connectivity index (χ2n) is 3.91. The minimum Gasteiger partial charge on any atom is -0.392 e. The Morgan fingerprint density at radius 3 is 2.79 bits per heavy atom. The number of β-amino-alcohol motifs (C(OH)–C–C–N with tert-alkyl or cyclic N) is 1. The maximum absolute atomic E-state index is 9.20. The maximum atomic E-state index is 9.20. The first-order valence-electron chi connectivity index (χ1n) is 5.06. The minimum absolute atomic E-state index is 0.472. The Balaban J connectivity index is 2.06. The molecule has 1 heterocycles. The molecule has 0 aromatic heterocycles. The van der Waals surface area contributed by atoms with Gasteiger partial charge in [0.1, 0.15) is 0 Å². The molecule has 0 aliphatic carbocycles. The number of nitrogens with zero attached hydrogens (tertiary/aromatic N) is 1. The third kappa shape index (κ3) is 2.14. The van der Waals surface area contributed by atoms with Crippen LogP contribution in [0.25, 0.3) is 0 Å². The summed E-state index contributed by atoms with van der Waals surface area (Å²) in [4.78, 5) is 2.25. The van der Waals surface area contributed by atoms with Crippen molar-refractivity contribution in [3.8, 4) is 0 Å². The molecular formula is C12H16NO. The minimum atomic E-state index is -0.472. The van der Waals surface area contributed by atoms with E-state index in [0.717, 1.165) is 19.5 Å². The van der Waals surface area contributed by atoms with Gasteiger partial charge >= 0.3 is 0 Å². The average Bonchev–Trinajstić information content (AvgIpc) is 2.17. The fourth-order valence-corrected chi connectivity index (χ4v) is 2.01. The molecule has 14 heavy (non-hydrogen) atoms. The molecule has 0 amide bonds. The van der Waals surface area contributed by atoms with Gasteiger partial charge in [0.15, 0.2) is 0 Å². The van der Waals surface area contributed by atoms with Crippen molar-refractivity contribution in [3.05, 3.63) is 42.3 Å². The molecule has 1 aliphatic heterocycles. The van der Waals surface area contributed by atoms with E-state index in [1.807, 2.05) is 0 Å². The van der Waals surface area contributed by atoms with Crippen LogP contribution in [0.15, 0.2) is 24.3 Å². The molecule has 0 saturated heterocycles. The lowest BCUT2D eigenvalue weighted by molar-refractivity contribution is 0.136. The summed E-state index contributed by atoms with van der Waals surface area (Å²) in [6.07, 6.45) is 0.614. The van der Waals surface area contributed by atoms with Gasteiger partial charge in [0, 0.05) is 19.6 Å². The fourth-order valence-electron chi connectivity index (χ4n) is 2.01. The van der Waals surface area contributed by atoms with Gasteiger partial charge in [-0.15, -0.1) is 0 Å². The fraction of sp³-hybridized carbons (Fsp3) is 0.417. The van der Waals surface area contributed by atoms with Gasteiger partial charge in [-0.25, -0.2) is 0 Å². The van der Waals surface area contributed by atoms with Crippen LogP contribution in [0.4, 0.5) is 0 Å². The zero-order valence-electron chi connectivity index (χ0n) is 8.32. The third-order valence-corrected chi connectivity index (χ3v) is 2.68. The van der Waals surface area contributed by atoms with Crippen molar-refractivity contribution in [3.63, 3.8) is 0 Å².